The van der Waals surface area contributed by atoms with Gasteiger partial charge < -0.3 is 14.6 Å². The zero-order chi connectivity index (χ0) is 23.5. The Morgan fingerprint density at radius 1 is 1.03 bits per heavy atom. The van der Waals surface area contributed by atoms with E-state index in [4.69, 9.17) is 9.26 Å². The molecule has 3 N–H and O–H groups in total. The third-order valence-corrected chi connectivity index (χ3v) is 5.12. The van der Waals surface area contributed by atoms with Gasteiger partial charge in [-0.05, 0) is 30.6 Å². The Bertz CT molecular complexity index is 1060. The Balaban J connectivity index is 1.52. The zero-order valence-electron chi connectivity index (χ0n) is 17.9. The number of carbonyl (C=O) groups is 3. The van der Waals surface area contributed by atoms with Crippen LogP contribution in [0.1, 0.15) is 16.9 Å². The van der Waals surface area contributed by atoms with E-state index in [1.165, 1.54) is 17.8 Å². The smallest absolute Gasteiger partial charge is 0.291 e. The van der Waals surface area contributed by atoms with Gasteiger partial charge in [0.2, 0.25) is 0 Å². The highest BCUT2D eigenvalue weighted by Crippen LogP contribution is 2.19. The molecule has 3 rings (SSSR count). The van der Waals surface area contributed by atoms with Crippen LogP contribution in [0.3, 0.4) is 0 Å². The van der Waals surface area contributed by atoms with Crippen LogP contribution >= 0.6 is 11.8 Å². The third-order valence-electron chi connectivity index (χ3n) is 4.48. The molecule has 0 saturated heterocycles. The molecule has 1 aromatic heterocycles. The van der Waals surface area contributed by atoms with Crippen molar-refractivity contribution < 1.29 is 23.6 Å². The molecular weight excluding hydrogens is 444 g/mol. The first-order valence-electron chi connectivity index (χ1n) is 10.2. The number of aromatic nitrogens is 1. The summed E-state index contributed by atoms with van der Waals surface area (Å²) in [7, 11) is 0. The standard InChI is InChI=1S/C23H24N4O5S/c1-33-13-12-18(24-21(28)15-31-17-10-6-3-7-11-17)22(29)25-26-23(30)19-14-20(32-27-19)16-8-4-2-5-9-16/h2-11,14,18H,12-13,15H2,1H3,(H,24,28)(H,25,29)(H,26,30). The molecule has 0 aliphatic rings. The summed E-state index contributed by atoms with van der Waals surface area (Å²) in [6.07, 6.45) is 2.27. The molecule has 10 heteroatoms. The molecule has 1 heterocycles. The molecule has 9 nitrogen and oxygen atoms in total. The molecule has 1 unspecified atom stereocenters. The van der Waals surface area contributed by atoms with Crippen LogP contribution in [0.25, 0.3) is 11.3 Å². The van der Waals surface area contributed by atoms with E-state index < -0.39 is 23.8 Å². The van der Waals surface area contributed by atoms with Gasteiger partial charge in [-0.2, -0.15) is 11.8 Å². The Hall–Kier alpha value is -3.79. The van der Waals surface area contributed by atoms with Gasteiger partial charge in [0.25, 0.3) is 17.7 Å². The highest BCUT2D eigenvalue weighted by Gasteiger charge is 2.22. The number of hydrazine groups is 1. The summed E-state index contributed by atoms with van der Waals surface area (Å²) in [6, 6.07) is 18.7. The van der Waals surface area contributed by atoms with Crippen LogP contribution in [0.4, 0.5) is 0 Å². The van der Waals surface area contributed by atoms with Crippen molar-refractivity contribution in [3.63, 3.8) is 0 Å². The molecule has 3 aromatic rings. The van der Waals surface area contributed by atoms with Crippen LogP contribution in [0.2, 0.25) is 0 Å². The summed E-state index contributed by atoms with van der Waals surface area (Å²) in [6.45, 7) is -0.235. The molecule has 0 radical (unpaired) electrons. The van der Waals surface area contributed by atoms with Crippen LogP contribution < -0.4 is 20.9 Å². The average Bonchev–Trinajstić information content (AvgIpc) is 3.35. The van der Waals surface area contributed by atoms with E-state index in [2.05, 4.69) is 21.3 Å². The van der Waals surface area contributed by atoms with Crippen molar-refractivity contribution in [1.29, 1.82) is 0 Å². The highest BCUT2D eigenvalue weighted by atomic mass is 32.2. The lowest BCUT2D eigenvalue weighted by atomic mass is 10.1. The molecule has 172 valence electrons. The lowest BCUT2D eigenvalue weighted by Crippen LogP contribution is -2.53. The first kappa shape index (κ1) is 23.9. The van der Waals surface area contributed by atoms with Gasteiger partial charge in [0.05, 0.1) is 0 Å². The number of hydrogen-bond donors (Lipinski definition) is 3. The molecular formula is C23H24N4O5S. The number of rotatable bonds is 10. The quantitative estimate of drug-likeness (QED) is 0.391. The normalized spacial score (nSPS) is 11.3. The average molecular weight is 469 g/mol. The van der Waals surface area contributed by atoms with Gasteiger partial charge in [0.15, 0.2) is 18.1 Å². The summed E-state index contributed by atoms with van der Waals surface area (Å²) in [4.78, 5) is 37.2. The molecule has 3 amide bonds. The lowest BCUT2D eigenvalue weighted by Gasteiger charge is -2.18. The Kier molecular flexibility index (Phi) is 8.89. The Morgan fingerprint density at radius 3 is 2.42 bits per heavy atom. The van der Waals surface area contributed by atoms with Crippen molar-refractivity contribution >= 4 is 29.5 Å². The highest BCUT2D eigenvalue weighted by molar-refractivity contribution is 7.98. The summed E-state index contributed by atoms with van der Waals surface area (Å²) in [5.74, 6) is -0.0392. The van der Waals surface area contributed by atoms with Crippen molar-refractivity contribution in [1.82, 2.24) is 21.3 Å². The number of thioether (sulfide) groups is 1. The van der Waals surface area contributed by atoms with Crippen molar-refractivity contribution in [2.75, 3.05) is 18.6 Å². The van der Waals surface area contributed by atoms with Crippen LogP contribution in [0, 0.1) is 0 Å². The maximum absolute atomic E-state index is 12.6. The molecule has 0 saturated carbocycles. The van der Waals surface area contributed by atoms with Crippen LogP contribution in [-0.2, 0) is 9.59 Å². The van der Waals surface area contributed by atoms with Gasteiger partial charge in [-0.25, -0.2) is 0 Å². The molecule has 1 atom stereocenters. The third kappa shape index (κ3) is 7.39. The number of amides is 3. The van der Waals surface area contributed by atoms with Gasteiger partial charge in [-0.3, -0.25) is 25.2 Å². The minimum absolute atomic E-state index is 0.00936. The minimum Gasteiger partial charge on any atom is -0.484 e. The monoisotopic (exact) mass is 468 g/mol. The first-order chi connectivity index (χ1) is 16.1. The Morgan fingerprint density at radius 2 is 1.73 bits per heavy atom. The van der Waals surface area contributed by atoms with E-state index in [0.29, 0.717) is 23.7 Å². The van der Waals surface area contributed by atoms with E-state index in [9.17, 15) is 14.4 Å². The maximum atomic E-state index is 12.6. The second-order valence-corrected chi connectivity index (χ2v) is 7.87. The molecule has 0 spiro atoms. The second kappa shape index (κ2) is 12.3. The number of hydrogen-bond acceptors (Lipinski definition) is 7. The fourth-order valence-electron chi connectivity index (χ4n) is 2.80. The zero-order valence-corrected chi connectivity index (χ0v) is 18.8. The van der Waals surface area contributed by atoms with Crippen molar-refractivity contribution in [3.8, 4) is 17.1 Å². The second-order valence-electron chi connectivity index (χ2n) is 6.89. The van der Waals surface area contributed by atoms with E-state index in [-0.39, 0.29) is 12.3 Å². The fourth-order valence-corrected chi connectivity index (χ4v) is 3.27. The molecule has 0 fully saturated rings. The van der Waals surface area contributed by atoms with E-state index >= 15 is 0 Å². The summed E-state index contributed by atoms with van der Waals surface area (Å²) in [5, 5.41) is 6.37. The largest absolute Gasteiger partial charge is 0.484 e. The van der Waals surface area contributed by atoms with Gasteiger partial charge in [0, 0.05) is 11.6 Å². The molecule has 0 bridgehead atoms. The van der Waals surface area contributed by atoms with Gasteiger partial charge >= 0.3 is 0 Å². The predicted molar refractivity (Wildman–Crippen MR) is 124 cm³/mol. The number of carbonyl (C=O) groups excluding carboxylic acids is 3. The topological polar surface area (TPSA) is 123 Å². The van der Waals surface area contributed by atoms with Crippen molar-refractivity contribution in [2.24, 2.45) is 0 Å². The number of nitrogens with one attached hydrogen (secondary N) is 3. The van der Waals surface area contributed by atoms with Crippen LogP contribution in [-0.4, -0.2) is 47.5 Å². The number of nitrogens with zero attached hydrogens (tertiary/aromatic N) is 1. The maximum Gasteiger partial charge on any atom is 0.291 e. The van der Waals surface area contributed by atoms with Crippen LogP contribution in [0.5, 0.6) is 5.75 Å². The lowest BCUT2D eigenvalue weighted by molar-refractivity contribution is -0.130. The van der Waals surface area contributed by atoms with Crippen molar-refractivity contribution in [2.45, 2.75) is 12.5 Å². The summed E-state index contributed by atoms with van der Waals surface area (Å²) >= 11 is 1.53. The van der Waals surface area contributed by atoms with Crippen molar-refractivity contribution in [3.05, 3.63) is 72.4 Å². The molecule has 33 heavy (non-hydrogen) atoms. The fraction of sp³-hybridized carbons (Fsp3) is 0.217. The molecule has 0 aliphatic carbocycles. The van der Waals surface area contributed by atoms with E-state index in [0.717, 1.165) is 5.56 Å². The van der Waals surface area contributed by atoms with Gasteiger partial charge in [-0.15, -0.1) is 0 Å². The predicted octanol–water partition coefficient (Wildman–Crippen LogP) is 2.42. The minimum atomic E-state index is -0.846. The van der Waals surface area contributed by atoms with E-state index in [1.54, 1.807) is 24.3 Å². The molecule has 2 aromatic carbocycles. The Labute approximate surface area is 195 Å². The van der Waals surface area contributed by atoms with Gasteiger partial charge in [-0.1, -0.05) is 53.7 Å². The number of ether oxygens (including phenoxy) is 1. The SMILES string of the molecule is CSCCC(NC(=O)COc1ccccc1)C(=O)NNC(=O)c1cc(-c2ccccc2)on1. The van der Waals surface area contributed by atoms with Gasteiger partial charge in [0.1, 0.15) is 11.8 Å². The first-order valence-corrected chi connectivity index (χ1v) is 11.5. The molecule has 0 aliphatic heterocycles. The number of para-hydroxylation sites is 1. The number of benzene rings is 2. The summed E-state index contributed by atoms with van der Waals surface area (Å²) in [5.41, 5.74) is 5.41. The van der Waals surface area contributed by atoms with Crippen LogP contribution in [0.15, 0.2) is 71.3 Å². The van der Waals surface area contributed by atoms with E-state index in [1.807, 2.05) is 42.7 Å². The summed E-state index contributed by atoms with van der Waals surface area (Å²) < 4.78 is 10.6.